The first kappa shape index (κ1) is 15.6. The maximum atomic E-state index is 12.2. The van der Waals surface area contributed by atoms with Gasteiger partial charge in [0, 0.05) is 25.0 Å². The van der Waals surface area contributed by atoms with E-state index in [-0.39, 0.29) is 23.8 Å². The van der Waals surface area contributed by atoms with E-state index in [1.165, 1.54) is 0 Å². The number of phenols is 1. The van der Waals surface area contributed by atoms with Crippen LogP contribution < -0.4 is 5.73 Å². The van der Waals surface area contributed by atoms with Gasteiger partial charge < -0.3 is 20.5 Å². The first-order chi connectivity index (χ1) is 9.76. The Morgan fingerprint density at radius 3 is 2.52 bits per heavy atom. The Kier molecular flexibility index (Phi) is 4.42. The van der Waals surface area contributed by atoms with Gasteiger partial charge in [0.1, 0.15) is 11.4 Å². The first-order valence-electron chi connectivity index (χ1n) is 7.29. The van der Waals surface area contributed by atoms with Crippen molar-refractivity contribution in [1.29, 1.82) is 0 Å². The monoisotopic (exact) mass is 292 g/mol. The van der Waals surface area contributed by atoms with Crippen molar-refractivity contribution in [1.82, 2.24) is 4.90 Å². The van der Waals surface area contributed by atoms with Crippen LogP contribution in [0.25, 0.3) is 0 Å². The van der Waals surface area contributed by atoms with E-state index in [1.54, 1.807) is 17.0 Å². The molecule has 2 atom stereocenters. The SMILES string of the molecule is CC(C)(C)OC(=O)N1CCC(N)C(c2ccc(O)cc2)C1. The molecule has 2 unspecified atom stereocenters. The van der Waals surface area contributed by atoms with Gasteiger partial charge >= 0.3 is 6.09 Å². The number of hydrogen-bond acceptors (Lipinski definition) is 4. The number of ether oxygens (including phenoxy) is 1. The second-order valence-corrected chi connectivity index (χ2v) is 6.58. The summed E-state index contributed by atoms with van der Waals surface area (Å²) < 4.78 is 5.42. The standard InChI is InChI=1S/C16H24N2O3/c1-16(2,3)21-15(20)18-9-8-14(17)13(10-18)11-4-6-12(19)7-5-11/h4-7,13-14,19H,8-10,17H2,1-3H3. The summed E-state index contributed by atoms with van der Waals surface area (Å²) in [4.78, 5) is 13.9. The largest absolute Gasteiger partial charge is 0.508 e. The molecule has 1 saturated heterocycles. The number of piperidine rings is 1. The summed E-state index contributed by atoms with van der Waals surface area (Å²) in [6, 6.07) is 7.02. The van der Waals surface area contributed by atoms with Crippen LogP contribution >= 0.6 is 0 Å². The Balaban J connectivity index is 2.09. The van der Waals surface area contributed by atoms with Crippen LogP contribution in [0.15, 0.2) is 24.3 Å². The Labute approximate surface area is 125 Å². The molecule has 1 amide bonds. The third-order valence-electron chi connectivity index (χ3n) is 3.64. The van der Waals surface area contributed by atoms with Crippen LogP contribution in [0.2, 0.25) is 0 Å². The smallest absolute Gasteiger partial charge is 0.410 e. The highest BCUT2D eigenvalue weighted by Crippen LogP contribution is 2.28. The van der Waals surface area contributed by atoms with Gasteiger partial charge in [-0.1, -0.05) is 12.1 Å². The predicted octanol–water partition coefficient (Wildman–Crippen LogP) is 2.44. The average Bonchev–Trinajstić information content (AvgIpc) is 2.38. The van der Waals surface area contributed by atoms with Gasteiger partial charge in [-0.3, -0.25) is 0 Å². The van der Waals surface area contributed by atoms with Crippen LogP contribution in [0.3, 0.4) is 0 Å². The minimum Gasteiger partial charge on any atom is -0.508 e. The molecule has 116 valence electrons. The highest BCUT2D eigenvalue weighted by molar-refractivity contribution is 5.68. The molecule has 0 aliphatic carbocycles. The van der Waals surface area contributed by atoms with Gasteiger partial charge in [0.15, 0.2) is 0 Å². The van der Waals surface area contributed by atoms with Crippen LogP contribution in [-0.2, 0) is 4.74 Å². The number of rotatable bonds is 1. The lowest BCUT2D eigenvalue weighted by molar-refractivity contribution is 0.0186. The summed E-state index contributed by atoms with van der Waals surface area (Å²) in [6.07, 6.45) is 0.448. The predicted molar refractivity (Wildman–Crippen MR) is 81.2 cm³/mol. The van der Waals surface area contributed by atoms with Crippen molar-refractivity contribution in [2.24, 2.45) is 5.73 Å². The minimum absolute atomic E-state index is 0.00762. The minimum atomic E-state index is -0.495. The highest BCUT2D eigenvalue weighted by Gasteiger charge is 2.32. The van der Waals surface area contributed by atoms with Crippen molar-refractivity contribution < 1.29 is 14.6 Å². The normalized spacial score (nSPS) is 23.0. The molecule has 21 heavy (non-hydrogen) atoms. The van der Waals surface area contributed by atoms with E-state index in [0.717, 1.165) is 12.0 Å². The van der Waals surface area contributed by atoms with Crippen molar-refractivity contribution in [3.8, 4) is 5.75 Å². The summed E-state index contributed by atoms with van der Waals surface area (Å²) in [7, 11) is 0. The third-order valence-corrected chi connectivity index (χ3v) is 3.64. The maximum Gasteiger partial charge on any atom is 0.410 e. The second-order valence-electron chi connectivity index (χ2n) is 6.58. The molecule has 1 aliphatic heterocycles. The zero-order chi connectivity index (χ0) is 15.6. The molecule has 0 bridgehead atoms. The zero-order valence-electron chi connectivity index (χ0n) is 12.9. The van der Waals surface area contributed by atoms with Gasteiger partial charge in [-0.05, 0) is 44.9 Å². The van der Waals surface area contributed by atoms with Gasteiger partial charge in [0.2, 0.25) is 0 Å². The maximum absolute atomic E-state index is 12.2. The lowest BCUT2D eigenvalue weighted by Gasteiger charge is -2.37. The Bertz CT molecular complexity index is 493. The molecular formula is C16H24N2O3. The van der Waals surface area contributed by atoms with E-state index in [2.05, 4.69) is 0 Å². The summed E-state index contributed by atoms with van der Waals surface area (Å²) in [5.74, 6) is 0.291. The van der Waals surface area contributed by atoms with Gasteiger partial charge in [0.25, 0.3) is 0 Å². The number of phenolic OH excluding ortho intramolecular Hbond substituents is 1. The number of nitrogens with zero attached hydrogens (tertiary/aromatic N) is 1. The molecule has 0 spiro atoms. The van der Waals surface area contributed by atoms with E-state index >= 15 is 0 Å². The van der Waals surface area contributed by atoms with E-state index in [1.807, 2.05) is 32.9 Å². The first-order valence-corrected chi connectivity index (χ1v) is 7.29. The second kappa shape index (κ2) is 5.93. The molecule has 1 aliphatic rings. The molecule has 1 aromatic rings. The van der Waals surface area contributed by atoms with Crippen molar-refractivity contribution in [3.63, 3.8) is 0 Å². The highest BCUT2D eigenvalue weighted by atomic mass is 16.6. The van der Waals surface area contributed by atoms with Crippen molar-refractivity contribution in [2.45, 2.75) is 44.8 Å². The summed E-state index contributed by atoms with van der Waals surface area (Å²) in [5.41, 5.74) is 6.74. The number of aromatic hydroxyl groups is 1. The Morgan fingerprint density at radius 1 is 1.33 bits per heavy atom. The molecule has 5 heteroatoms. The van der Waals surface area contributed by atoms with E-state index in [0.29, 0.717) is 13.1 Å². The molecule has 3 N–H and O–H groups in total. The fourth-order valence-corrected chi connectivity index (χ4v) is 2.54. The van der Waals surface area contributed by atoms with Crippen molar-refractivity contribution in [3.05, 3.63) is 29.8 Å². The number of amides is 1. The van der Waals surface area contributed by atoms with Crippen LogP contribution in [0.1, 0.15) is 38.7 Å². The number of hydrogen-bond donors (Lipinski definition) is 2. The van der Waals surface area contributed by atoms with Gasteiger partial charge in [0.05, 0.1) is 0 Å². The molecule has 0 aromatic heterocycles. The molecule has 1 heterocycles. The number of carbonyl (C=O) groups is 1. The number of nitrogens with two attached hydrogens (primary N) is 1. The van der Waals surface area contributed by atoms with Gasteiger partial charge in [-0.15, -0.1) is 0 Å². The third kappa shape index (κ3) is 4.11. The van der Waals surface area contributed by atoms with Gasteiger partial charge in [-0.25, -0.2) is 4.79 Å². The lowest BCUT2D eigenvalue weighted by Crippen LogP contribution is -2.49. The summed E-state index contributed by atoms with van der Waals surface area (Å²) in [6.45, 7) is 6.74. The zero-order valence-corrected chi connectivity index (χ0v) is 12.9. The fourth-order valence-electron chi connectivity index (χ4n) is 2.54. The van der Waals surface area contributed by atoms with Crippen molar-refractivity contribution >= 4 is 6.09 Å². The van der Waals surface area contributed by atoms with Crippen molar-refractivity contribution in [2.75, 3.05) is 13.1 Å². The summed E-state index contributed by atoms with van der Waals surface area (Å²) in [5, 5.41) is 9.37. The van der Waals surface area contributed by atoms with E-state index < -0.39 is 5.60 Å². The Hall–Kier alpha value is -1.75. The van der Waals surface area contributed by atoms with Crippen LogP contribution in [0.4, 0.5) is 4.79 Å². The van der Waals surface area contributed by atoms with Crippen LogP contribution in [-0.4, -0.2) is 40.8 Å². The van der Waals surface area contributed by atoms with Crippen LogP contribution in [0, 0.1) is 0 Å². The lowest BCUT2D eigenvalue weighted by atomic mass is 9.86. The van der Waals surface area contributed by atoms with E-state index in [9.17, 15) is 9.90 Å². The quantitative estimate of drug-likeness (QED) is 0.833. The Morgan fingerprint density at radius 2 is 1.95 bits per heavy atom. The van der Waals surface area contributed by atoms with Crippen LogP contribution in [0.5, 0.6) is 5.75 Å². The number of carbonyl (C=O) groups excluding carboxylic acids is 1. The summed E-state index contributed by atoms with van der Waals surface area (Å²) >= 11 is 0. The molecule has 5 nitrogen and oxygen atoms in total. The molecule has 0 saturated carbocycles. The molecule has 1 aromatic carbocycles. The van der Waals surface area contributed by atoms with E-state index in [4.69, 9.17) is 10.5 Å². The molecule has 1 fully saturated rings. The number of benzene rings is 1. The molecule has 2 rings (SSSR count). The fraction of sp³-hybridized carbons (Fsp3) is 0.562. The van der Waals surface area contributed by atoms with Gasteiger partial charge in [-0.2, -0.15) is 0 Å². The molecule has 0 radical (unpaired) electrons. The number of likely N-dealkylation sites (tertiary alicyclic amines) is 1. The average molecular weight is 292 g/mol. The molecular weight excluding hydrogens is 268 g/mol. The topological polar surface area (TPSA) is 75.8 Å².